The number of hydrogen-bond donors (Lipinski definition) is 2. The van der Waals surface area contributed by atoms with Crippen molar-refractivity contribution in [3.63, 3.8) is 0 Å². The summed E-state index contributed by atoms with van der Waals surface area (Å²) in [7, 11) is 0. The van der Waals surface area contributed by atoms with Crippen molar-refractivity contribution in [3.05, 3.63) is 0 Å². The molecular weight excluding hydrogens is 249 g/mol. The van der Waals surface area contributed by atoms with Gasteiger partial charge in [0.05, 0.1) is 0 Å². The van der Waals surface area contributed by atoms with Gasteiger partial charge < -0.3 is 11.3 Å². The van der Waals surface area contributed by atoms with Crippen LogP contribution in [0.2, 0.25) is 0 Å². The van der Waals surface area contributed by atoms with E-state index >= 15 is 0 Å². The zero-order valence-electron chi connectivity index (χ0n) is 3.18. The van der Waals surface area contributed by atoms with Crippen LogP contribution < -0.4 is 6.15 Å². The zero-order chi connectivity index (χ0) is 2.71. The minimum Gasteiger partial charge on any atom is -0.397 e. The molecule has 0 atom stereocenters. The van der Waals surface area contributed by atoms with Crippen molar-refractivity contribution in [2.75, 3.05) is 6.61 Å². The molecule has 0 aliphatic heterocycles. The molecule has 0 unspecified atom stereocenters. The molecule has 4 N–H and O–H groups in total. The van der Waals surface area contributed by atoms with E-state index in [9.17, 15) is 0 Å². The summed E-state index contributed by atoms with van der Waals surface area (Å²) in [5, 5.41) is 7.57. The van der Waals surface area contributed by atoms with Gasteiger partial charge in [0.1, 0.15) is 0 Å². The summed E-state index contributed by atoms with van der Waals surface area (Å²) >= 11 is 0. The summed E-state index contributed by atoms with van der Waals surface area (Å²) in [6.45, 7) is 1.93. The van der Waals surface area contributed by atoms with Crippen LogP contribution in [-0.2, 0) is 21.1 Å². The fourth-order valence-electron chi connectivity index (χ4n) is 0. The van der Waals surface area contributed by atoms with Crippen LogP contribution in [0.3, 0.4) is 0 Å². The van der Waals surface area contributed by atoms with Crippen molar-refractivity contribution in [1.82, 2.24) is 6.15 Å². The SMILES string of the molecule is CCO.N.[Pt+2]. The molecule has 3 heteroatoms. The van der Waals surface area contributed by atoms with Crippen molar-refractivity contribution < 1.29 is 26.2 Å². The second kappa shape index (κ2) is 23.2. The van der Waals surface area contributed by atoms with Gasteiger partial charge >= 0.3 is 21.1 Å². The molecule has 0 bridgehead atoms. The largest absolute Gasteiger partial charge is 2.00 e. The third-order valence-electron chi connectivity index (χ3n) is 0. The van der Waals surface area contributed by atoms with E-state index in [2.05, 4.69) is 0 Å². The van der Waals surface area contributed by atoms with Gasteiger partial charge in [-0.05, 0) is 6.92 Å². The molecule has 0 rings (SSSR count). The molecule has 0 amide bonds. The van der Waals surface area contributed by atoms with Crippen LogP contribution in [0, 0.1) is 0 Å². The fourth-order valence-corrected chi connectivity index (χ4v) is 0. The minimum absolute atomic E-state index is 0. The van der Waals surface area contributed by atoms with Gasteiger partial charge in [-0.25, -0.2) is 0 Å². The summed E-state index contributed by atoms with van der Waals surface area (Å²) in [4.78, 5) is 0. The van der Waals surface area contributed by atoms with Crippen LogP contribution in [-0.4, -0.2) is 11.7 Å². The maximum absolute atomic E-state index is 7.57. The van der Waals surface area contributed by atoms with Gasteiger partial charge in [0.15, 0.2) is 0 Å². The smallest absolute Gasteiger partial charge is 0.397 e. The van der Waals surface area contributed by atoms with Crippen molar-refractivity contribution in [2.24, 2.45) is 0 Å². The maximum atomic E-state index is 7.57. The first-order valence-electron chi connectivity index (χ1n) is 1.02. The average molecular weight is 258 g/mol. The third kappa shape index (κ3) is 84.7. The first kappa shape index (κ1) is 17.5. The summed E-state index contributed by atoms with van der Waals surface area (Å²) < 4.78 is 0. The molecule has 0 fully saturated rings. The molecule has 0 saturated heterocycles. The molecule has 5 heavy (non-hydrogen) atoms. The molecule has 0 heterocycles. The quantitative estimate of drug-likeness (QED) is 0.650. The number of aliphatic hydroxyl groups excluding tert-OH is 1. The van der Waals surface area contributed by atoms with E-state index in [1.54, 1.807) is 6.92 Å². The van der Waals surface area contributed by atoms with Crippen LogP contribution in [0.1, 0.15) is 6.92 Å². The van der Waals surface area contributed by atoms with Gasteiger partial charge in [0.2, 0.25) is 0 Å². The van der Waals surface area contributed by atoms with E-state index in [-0.39, 0.29) is 33.8 Å². The van der Waals surface area contributed by atoms with Crippen molar-refractivity contribution in [3.8, 4) is 0 Å². The summed E-state index contributed by atoms with van der Waals surface area (Å²) in [6, 6.07) is 0. The molecule has 0 saturated carbocycles. The van der Waals surface area contributed by atoms with Gasteiger partial charge in [-0.15, -0.1) is 0 Å². The minimum atomic E-state index is 0. The monoisotopic (exact) mass is 258 g/mol. The Labute approximate surface area is 46.4 Å². The van der Waals surface area contributed by atoms with E-state index < -0.39 is 0 Å². The summed E-state index contributed by atoms with van der Waals surface area (Å²) in [6.07, 6.45) is 0. The second-order valence-electron chi connectivity index (χ2n) is 0.316. The predicted molar refractivity (Wildman–Crippen MR) is 17.8 cm³/mol. The first-order valence-corrected chi connectivity index (χ1v) is 1.02. The van der Waals surface area contributed by atoms with Gasteiger partial charge in [0.25, 0.3) is 0 Å². The molecule has 0 aromatic heterocycles. The Morgan fingerprint density at radius 3 is 1.60 bits per heavy atom. The molecule has 36 valence electrons. The third-order valence-corrected chi connectivity index (χ3v) is 0. The van der Waals surface area contributed by atoms with Crippen LogP contribution in [0.15, 0.2) is 0 Å². The van der Waals surface area contributed by atoms with E-state index in [0.717, 1.165) is 0 Å². The topological polar surface area (TPSA) is 55.2 Å². The number of rotatable bonds is 0. The van der Waals surface area contributed by atoms with Crippen LogP contribution in [0.25, 0.3) is 0 Å². The standard InChI is InChI=1S/C2H6O.H3N.Pt/c1-2-3;;/h3H,2H2,1H3;1H3;/q;;+2. The van der Waals surface area contributed by atoms with E-state index in [4.69, 9.17) is 5.11 Å². The Hall–Kier alpha value is 0.608. The van der Waals surface area contributed by atoms with E-state index in [1.165, 1.54) is 0 Å². The van der Waals surface area contributed by atoms with Crippen LogP contribution >= 0.6 is 0 Å². The second-order valence-corrected chi connectivity index (χ2v) is 0.316. The van der Waals surface area contributed by atoms with Gasteiger partial charge in [-0.3, -0.25) is 0 Å². The molecule has 0 aromatic carbocycles. The zero-order valence-corrected chi connectivity index (χ0v) is 5.45. The van der Waals surface area contributed by atoms with Crippen molar-refractivity contribution in [2.45, 2.75) is 6.92 Å². The Morgan fingerprint density at radius 2 is 1.60 bits per heavy atom. The van der Waals surface area contributed by atoms with Crippen molar-refractivity contribution >= 4 is 0 Å². The summed E-state index contributed by atoms with van der Waals surface area (Å²) in [5.41, 5.74) is 0. The Bertz CT molecular complexity index is 9.61. The molecule has 0 aliphatic carbocycles. The van der Waals surface area contributed by atoms with E-state index in [0.29, 0.717) is 0 Å². The Morgan fingerprint density at radius 1 is 1.60 bits per heavy atom. The molecule has 0 aromatic rings. The molecular formula is C2H9NOPt+2. The van der Waals surface area contributed by atoms with E-state index in [1.807, 2.05) is 0 Å². The molecule has 0 radical (unpaired) electrons. The Kier molecular flexibility index (Phi) is 81.2. The predicted octanol–water partition coefficient (Wildman–Crippen LogP) is 0.158. The maximum Gasteiger partial charge on any atom is 2.00 e. The summed E-state index contributed by atoms with van der Waals surface area (Å²) in [5.74, 6) is 0. The molecule has 0 aliphatic rings. The number of hydrogen-bond acceptors (Lipinski definition) is 2. The normalized spacial score (nSPS) is 3.60. The van der Waals surface area contributed by atoms with Gasteiger partial charge in [0, 0.05) is 6.61 Å². The average Bonchev–Trinajstić information content (AvgIpc) is 0.918. The Balaban J connectivity index is -0.0000000200. The first-order chi connectivity index (χ1) is 1.41. The van der Waals surface area contributed by atoms with Gasteiger partial charge in [-0.1, -0.05) is 0 Å². The number of aliphatic hydroxyl groups is 1. The van der Waals surface area contributed by atoms with Crippen LogP contribution in [0.5, 0.6) is 0 Å². The molecule has 0 spiro atoms. The molecule has 2 nitrogen and oxygen atoms in total. The van der Waals surface area contributed by atoms with Gasteiger partial charge in [-0.2, -0.15) is 0 Å². The fraction of sp³-hybridized carbons (Fsp3) is 1.00. The van der Waals surface area contributed by atoms with Crippen LogP contribution in [0.4, 0.5) is 0 Å². The van der Waals surface area contributed by atoms with Crippen molar-refractivity contribution in [1.29, 1.82) is 0 Å².